The molecule has 1 aliphatic heterocycles. The van der Waals surface area contributed by atoms with Crippen LogP contribution in [0.5, 0.6) is 0 Å². The summed E-state index contributed by atoms with van der Waals surface area (Å²) in [5, 5.41) is 0. The maximum absolute atomic E-state index is 12.7. The van der Waals surface area contributed by atoms with Crippen LogP contribution < -0.4 is 0 Å². The third kappa shape index (κ3) is 4.78. The number of sulfone groups is 1. The zero-order valence-corrected chi connectivity index (χ0v) is 19.7. The van der Waals surface area contributed by atoms with Crippen LogP contribution in [0.4, 0.5) is 0 Å². The van der Waals surface area contributed by atoms with Gasteiger partial charge in [-0.25, -0.2) is 8.42 Å². The molecule has 0 radical (unpaired) electrons. The van der Waals surface area contributed by atoms with Gasteiger partial charge < -0.3 is 4.90 Å². The third-order valence-electron chi connectivity index (χ3n) is 6.61. The highest BCUT2D eigenvalue weighted by atomic mass is 32.2. The molecule has 0 N–H and O–H groups in total. The van der Waals surface area contributed by atoms with Crippen molar-refractivity contribution in [1.29, 1.82) is 0 Å². The van der Waals surface area contributed by atoms with Crippen molar-refractivity contribution in [2.45, 2.75) is 63.7 Å². The molecular formula is C26H34N2O2S. The van der Waals surface area contributed by atoms with Gasteiger partial charge in [-0.15, -0.1) is 0 Å². The number of unbranched alkanes of at least 4 members (excludes halogenated alkanes) is 1. The lowest BCUT2D eigenvalue weighted by Gasteiger charge is -2.30. The zero-order valence-electron chi connectivity index (χ0n) is 18.9. The second kappa shape index (κ2) is 9.66. The molecule has 2 heterocycles. The lowest BCUT2D eigenvalue weighted by atomic mass is 9.88. The van der Waals surface area contributed by atoms with E-state index < -0.39 is 9.84 Å². The van der Waals surface area contributed by atoms with Gasteiger partial charge in [0.2, 0.25) is 0 Å². The first-order valence-corrected chi connectivity index (χ1v) is 13.4. The highest BCUT2D eigenvalue weighted by molar-refractivity contribution is 7.91. The van der Waals surface area contributed by atoms with Gasteiger partial charge in [0.1, 0.15) is 0 Å². The van der Waals surface area contributed by atoms with Crippen molar-refractivity contribution >= 4 is 15.4 Å². The molecule has 0 amide bonds. The second-order valence-corrected chi connectivity index (χ2v) is 10.9. The number of aryl methyl sites for hydroxylation is 2. The predicted molar refractivity (Wildman–Crippen MR) is 127 cm³/mol. The Hall–Kier alpha value is -1.98. The molecule has 166 valence electrons. The van der Waals surface area contributed by atoms with Crippen LogP contribution in [0.2, 0.25) is 0 Å². The van der Waals surface area contributed by atoms with E-state index in [4.69, 9.17) is 4.98 Å². The van der Waals surface area contributed by atoms with Crippen LogP contribution in [0.25, 0.3) is 5.57 Å². The number of hydrogen-bond donors (Lipinski definition) is 0. The number of nitrogens with zero attached hydrogens (tertiary/aromatic N) is 2. The topological polar surface area (TPSA) is 50.3 Å². The Bertz CT molecular complexity index is 1060. The van der Waals surface area contributed by atoms with Crippen LogP contribution in [0.1, 0.15) is 68.3 Å². The lowest BCUT2D eigenvalue weighted by Crippen LogP contribution is -2.32. The average Bonchev–Trinajstić information content (AvgIpc) is 2.94. The zero-order chi connectivity index (χ0) is 21.8. The second-order valence-electron chi connectivity index (χ2n) is 8.82. The number of likely N-dealkylation sites (tertiary alicyclic amines) is 1. The fourth-order valence-electron chi connectivity index (χ4n) is 4.90. The van der Waals surface area contributed by atoms with Crippen molar-refractivity contribution in [3.05, 3.63) is 64.5 Å². The maximum atomic E-state index is 12.7. The maximum Gasteiger partial charge on any atom is 0.178 e. The molecule has 2 aromatic rings. The van der Waals surface area contributed by atoms with Gasteiger partial charge in [-0.2, -0.15) is 0 Å². The predicted octanol–water partition coefficient (Wildman–Crippen LogP) is 5.06. The molecule has 0 spiro atoms. The van der Waals surface area contributed by atoms with Gasteiger partial charge in [0.05, 0.1) is 16.3 Å². The highest BCUT2D eigenvalue weighted by Gasteiger charge is 2.26. The molecule has 1 aromatic heterocycles. The summed E-state index contributed by atoms with van der Waals surface area (Å²) in [6.07, 6.45) is 8.89. The van der Waals surface area contributed by atoms with Crippen molar-refractivity contribution in [3.8, 4) is 0 Å². The first-order chi connectivity index (χ1) is 15.0. The summed E-state index contributed by atoms with van der Waals surface area (Å²) in [5.41, 5.74) is 7.43. The Morgan fingerprint density at radius 3 is 2.48 bits per heavy atom. The Morgan fingerprint density at radius 1 is 0.968 bits per heavy atom. The van der Waals surface area contributed by atoms with Gasteiger partial charge in [0.25, 0.3) is 0 Å². The van der Waals surface area contributed by atoms with Crippen LogP contribution in [0.3, 0.4) is 0 Å². The minimum atomic E-state index is -3.22. The first-order valence-electron chi connectivity index (χ1n) is 11.8. The van der Waals surface area contributed by atoms with Crippen LogP contribution in [0.15, 0.2) is 47.0 Å². The molecule has 4 rings (SSSR count). The number of piperidine rings is 1. The van der Waals surface area contributed by atoms with Gasteiger partial charge in [-0.1, -0.05) is 38.0 Å². The smallest absolute Gasteiger partial charge is 0.178 e. The fraction of sp³-hybridized carbons (Fsp3) is 0.500. The van der Waals surface area contributed by atoms with Crippen LogP contribution in [-0.4, -0.2) is 43.7 Å². The van der Waals surface area contributed by atoms with Crippen molar-refractivity contribution in [1.82, 2.24) is 9.88 Å². The molecular weight excluding hydrogens is 404 g/mol. The third-order valence-corrected chi connectivity index (χ3v) is 8.53. The van der Waals surface area contributed by atoms with E-state index >= 15 is 0 Å². The molecule has 31 heavy (non-hydrogen) atoms. The average molecular weight is 439 g/mol. The summed E-state index contributed by atoms with van der Waals surface area (Å²) >= 11 is 0. The van der Waals surface area contributed by atoms with E-state index in [1.807, 2.05) is 37.4 Å². The van der Waals surface area contributed by atoms with Gasteiger partial charge in [-0.05, 0) is 80.0 Å². The summed E-state index contributed by atoms with van der Waals surface area (Å²) in [6, 6.07) is 9.99. The minimum Gasteiger partial charge on any atom is -0.303 e. The lowest BCUT2D eigenvalue weighted by molar-refractivity contribution is 0.253. The summed E-state index contributed by atoms with van der Waals surface area (Å²) < 4.78 is 25.4. The van der Waals surface area contributed by atoms with E-state index in [1.165, 1.54) is 41.7 Å². The van der Waals surface area contributed by atoms with E-state index in [0.29, 0.717) is 11.3 Å². The molecule has 0 atom stereocenters. The van der Waals surface area contributed by atoms with Crippen molar-refractivity contribution in [3.63, 3.8) is 0 Å². The summed E-state index contributed by atoms with van der Waals surface area (Å²) in [6.45, 7) is 7.54. The van der Waals surface area contributed by atoms with E-state index in [-0.39, 0.29) is 5.75 Å². The Morgan fingerprint density at radius 2 is 1.74 bits per heavy atom. The first kappa shape index (κ1) is 22.2. The number of pyridine rings is 1. The highest BCUT2D eigenvalue weighted by Crippen LogP contribution is 2.38. The SMILES string of the molecule is CCCCN1CCC(=C2c3ccc(S(=O)(=O)CCC)cc3CCc3cccnc32)CC1. The number of hydrogen-bond acceptors (Lipinski definition) is 4. The van der Waals surface area contributed by atoms with Crippen LogP contribution in [-0.2, 0) is 22.7 Å². The van der Waals surface area contributed by atoms with E-state index in [9.17, 15) is 8.42 Å². The summed E-state index contributed by atoms with van der Waals surface area (Å²) in [4.78, 5) is 7.85. The molecule has 5 heteroatoms. The number of rotatable bonds is 6. The van der Waals surface area contributed by atoms with Crippen LogP contribution in [0, 0.1) is 0 Å². The Kier molecular flexibility index (Phi) is 6.92. The normalized spacial score (nSPS) is 17.2. The molecule has 0 unspecified atom stereocenters. The van der Waals surface area contributed by atoms with Crippen molar-refractivity contribution in [2.24, 2.45) is 0 Å². The summed E-state index contributed by atoms with van der Waals surface area (Å²) in [7, 11) is -3.22. The largest absolute Gasteiger partial charge is 0.303 e. The Labute approximate surface area is 187 Å². The quantitative estimate of drug-likeness (QED) is 0.632. The van der Waals surface area contributed by atoms with Crippen molar-refractivity contribution < 1.29 is 8.42 Å². The fourth-order valence-corrected chi connectivity index (χ4v) is 6.27. The number of aromatic nitrogens is 1. The molecule has 1 saturated heterocycles. The van der Waals surface area contributed by atoms with Crippen LogP contribution >= 0.6 is 0 Å². The summed E-state index contributed by atoms with van der Waals surface area (Å²) in [5.74, 6) is 0.203. The molecule has 1 fully saturated rings. The van der Waals surface area contributed by atoms with Crippen molar-refractivity contribution in [2.75, 3.05) is 25.4 Å². The molecule has 4 nitrogen and oxygen atoms in total. The van der Waals surface area contributed by atoms with Gasteiger partial charge in [-0.3, -0.25) is 4.98 Å². The molecule has 0 bridgehead atoms. The van der Waals surface area contributed by atoms with E-state index in [1.54, 1.807) is 0 Å². The minimum absolute atomic E-state index is 0.203. The number of fused-ring (bicyclic) bond motifs is 2. The Balaban J connectivity index is 1.76. The van der Waals surface area contributed by atoms with E-state index in [0.717, 1.165) is 50.0 Å². The molecule has 2 aliphatic rings. The van der Waals surface area contributed by atoms with Gasteiger partial charge in [0, 0.05) is 24.9 Å². The standard InChI is InChI=1S/C26H34N2O2S/c1-3-5-15-28-16-12-20(13-17-28)25-24-11-10-23(31(29,30)18-4-2)19-22(24)9-8-21-7-6-14-27-26(21)25/h6-7,10-11,14,19H,3-5,8-9,12-13,15-18H2,1-2H3. The molecule has 1 aromatic carbocycles. The molecule has 0 saturated carbocycles. The van der Waals surface area contributed by atoms with Gasteiger partial charge >= 0.3 is 0 Å². The monoisotopic (exact) mass is 438 g/mol. The number of benzene rings is 1. The van der Waals surface area contributed by atoms with Gasteiger partial charge in [0.15, 0.2) is 9.84 Å². The molecule has 1 aliphatic carbocycles. The van der Waals surface area contributed by atoms with E-state index in [2.05, 4.69) is 17.9 Å².